The Hall–Kier alpha value is -2.44. The first-order valence-corrected chi connectivity index (χ1v) is 7.99. The summed E-state index contributed by atoms with van der Waals surface area (Å²) in [4.78, 5) is 22.7. The van der Waals surface area contributed by atoms with Crippen molar-refractivity contribution in [2.24, 2.45) is 7.05 Å². The predicted octanol–water partition coefficient (Wildman–Crippen LogP) is 0.928. The number of anilines is 1. The molecule has 0 spiro atoms. The maximum atomic E-state index is 12.1. The topological polar surface area (TPSA) is 75.9 Å². The molecule has 122 valence electrons. The van der Waals surface area contributed by atoms with Crippen molar-refractivity contribution in [3.8, 4) is 0 Å². The smallest absolute Gasteiger partial charge is 0.220 e. The van der Waals surface area contributed by atoms with Gasteiger partial charge in [-0.2, -0.15) is 5.10 Å². The number of hydrogen-bond donors (Lipinski definition) is 1. The molecule has 2 aromatic heterocycles. The second kappa shape index (κ2) is 7.21. The van der Waals surface area contributed by atoms with E-state index in [4.69, 9.17) is 0 Å². The molecular formula is C16H22N6O. The van der Waals surface area contributed by atoms with E-state index in [1.165, 1.54) is 0 Å². The Morgan fingerprint density at radius 3 is 2.78 bits per heavy atom. The molecule has 1 amide bonds. The number of piperidine rings is 1. The van der Waals surface area contributed by atoms with Crippen LogP contribution in [0.15, 0.2) is 30.9 Å². The molecule has 0 atom stereocenters. The second-order valence-corrected chi connectivity index (χ2v) is 5.84. The fourth-order valence-corrected chi connectivity index (χ4v) is 2.90. The van der Waals surface area contributed by atoms with Crippen LogP contribution in [0.4, 0.5) is 5.82 Å². The number of rotatable bonds is 5. The van der Waals surface area contributed by atoms with E-state index in [0.29, 0.717) is 6.42 Å². The minimum Gasteiger partial charge on any atom is -0.355 e. The van der Waals surface area contributed by atoms with E-state index in [1.54, 1.807) is 24.8 Å². The maximum Gasteiger partial charge on any atom is 0.220 e. The third-order valence-electron chi connectivity index (χ3n) is 4.26. The molecule has 0 saturated carbocycles. The van der Waals surface area contributed by atoms with Gasteiger partial charge in [0.1, 0.15) is 5.82 Å². The van der Waals surface area contributed by atoms with Gasteiger partial charge in [-0.05, 0) is 25.3 Å². The molecular weight excluding hydrogens is 292 g/mol. The highest BCUT2D eigenvalue weighted by atomic mass is 16.1. The van der Waals surface area contributed by atoms with E-state index < -0.39 is 0 Å². The lowest BCUT2D eigenvalue weighted by molar-refractivity contribution is -0.121. The second-order valence-electron chi connectivity index (χ2n) is 5.84. The Morgan fingerprint density at radius 1 is 1.30 bits per heavy atom. The summed E-state index contributed by atoms with van der Waals surface area (Å²) in [6.45, 7) is 1.79. The van der Waals surface area contributed by atoms with Crippen LogP contribution in [0.2, 0.25) is 0 Å². The normalized spacial score (nSPS) is 15.6. The fourth-order valence-electron chi connectivity index (χ4n) is 2.90. The lowest BCUT2D eigenvalue weighted by Gasteiger charge is -2.32. The van der Waals surface area contributed by atoms with Gasteiger partial charge in [0, 0.05) is 56.9 Å². The van der Waals surface area contributed by atoms with E-state index in [2.05, 4.69) is 25.3 Å². The van der Waals surface area contributed by atoms with E-state index in [0.717, 1.165) is 43.9 Å². The largest absolute Gasteiger partial charge is 0.355 e. The summed E-state index contributed by atoms with van der Waals surface area (Å²) in [7, 11) is 1.90. The van der Waals surface area contributed by atoms with Crippen molar-refractivity contribution in [1.29, 1.82) is 0 Å². The number of carbonyl (C=O) groups excluding carboxylic acids is 1. The van der Waals surface area contributed by atoms with E-state index >= 15 is 0 Å². The lowest BCUT2D eigenvalue weighted by Crippen LogP contribution is -2.45. The van der Waals surface area contributed by atoms with Crippen LogP contribution < -0.4 is 10.2 Å². The standard InChI is InChI=1S/C16H22N6O/c1-21-14(4-7-19-21)2-3-16(23)20-13-5-10-22(11-6-13)15-12-17-8-9-18-15/h4,7-9,12-13H,2-3,5-6,10-11H2,1H3,(H,20,23). The van der Waals surface area contributed by atoms with Crippen LogP contribution in [0.1, 0.15) is 25.0 Å². The van der Waals surface area contributed by atoms with Crippen LogP contribution >= 0.6 is 0 Å². The average molecular weight is 314 g/mol. The van der Waals surface area contributed by atoms with Crippen molar-refractivity contribution >= 4 is 11.7 Å². The highest BCUT2D eigenvalue weighted by Gasteiger charge is 2.21. The van der Waals surface area contributed by atoms with Crippen molar-refractivity contribution in [1.82, 2.24) is 25.1 Å². The molecule has 0 radical (unpaired) electrons. The molecule has 0 aromatic carbocycles. The van der Waals surface area contributed by atoms with Crippen LogP contribution in [0.5, 0.6) is 0 Å². The summed E-state index contributed by atoms with van der Waals surface area (Å²) in [6, 6.07) is 2.20. The van der Waals surface area contributed by atoms with Gasteiger partial charge in [-0.15, -0.1) is 0 Å². The van der Waals surface area contributed by atoms with Gasteiger partial charge in [0.2, 0.25) is 5.91 Å². The van der Waals surface area contributed by atoms with Crippen LogP contribution in [0.3, 0.4) is 0 Å². The summed E-state index contributed by atoms with van der Waals surface area (Å²) in [5.74, 6) is 1.03. The van der Waals surface area contributed by atoms with E-state index in [9.17, 15) is 4.79 Å². The number of nitrogens with one attached hydrogen (secondary N) is 1. The molecule has 23 heavy (non-hydrogen) atoms. The summed E-state index contributed by atoms with van der Waals surface area (Å²) in [5.41, 5.74) is 1.08. The molecule has 7 nitrogen and oxygen atoms in total. The Morgan fingerprint density at radius 2 is 2.13 bits per heavy atom. The third-order valence-corrected chi connectivity index (χ3v) is 4.26. The summed E-state index contributed by atoms with van der Waals surface area (Å²) in [6.07, 6.45) is 10.0. The number of hydrogen-bond acceptors (Lipinski definition) is 5. The molecule has 3 heterocycles. The van der Waals surface area contributed by atoms with Gasteiger partial charge < -0.3 is 10.2 Å². The number of carbonyl (C=O) groups is 1. The molecule has 1 fully saturated rings. The van der Waals surface area contributed by atoms with Crippen LogP contribution in [0, 0.1) is 0 Å². The van der Waals surface area contributed by atoms with Gasteiger partial charge in [0.15, 0.2) is 0 Å². The highest BCUT2D eigenvalue weighted by molar-refractivity contribution is 5.76. The molecule has 0 bridgehead atoms. The first-order chi connectivity index (χ1) is 11.2. The van der Waals surface area contributed by atoms with Crippen molar-refractivity contribution < 1.29 is 4.79 Å². The molecule has 3 rings (SSSR count). The lowest BCUT2D eigenvalue weighted by atomic mass is 10.0. The maximum absolute atomic E-state index is 12.1. The van der Waals surface area contributed by atoms with Crippen molar-refractivity contribution in [3.63, 3.8) is 0 Å². The first kappa shape index (κ1) is 15.5. The molecule has 1 saturated heterocycles. The Balaban J connectivity index is 1.42. The van der Waals surface area contributed by atoms with Gasteiger partial charge in [0.05, 0.1) is 6.20 Å². The van der Waals surface area contributed by atoms with Crippen LogP contribution in [0.25, 0.3) is 0 Å². The van der Waals surface area contributed by atoms with Crippen LogP contribution in [-0.4, -0.2) is 44.8 Å². The zero-order chi connectivity index (χ0) is 16.1. The monoisotopic (exact) mass is 314 g/mol. The molecule has 0 aliphatic carbocycles. The molecule has 1 N–H and O–H groups in total. The highest BCUT2D eigenvalue weighted by Crippen LogP contribution is 2.16. The number of amides is 1. The molecule has 1 aliphatic heterocycles. The summed E-state index contributed by atoms with van der Waals surface area (Å²) >= 11 is 0. The summed E-state index contributed by atoms with van der Waals surface area (Å²) in [5, 5.41) is 7.26. The van der Waals surface area contributed by atoms with Crippen molar-refractivity contribution in [2.45, 2.75) is 31.7 Å². The summed E-state index contributed by atoms with van der Waals surface area (Å²) < 4.78 is 1.81. The van der Waals surface area contributed by atoms with Crippen LogP contribution in [-0.2, 0) is 18.3 Å². The Kier molecular flexibility index (Phi) is 4.85. The molecule has 0 unspecified atom stereocenters. The minimum absolute atomic E-state index is 0.115. The minimum atomic E-state index is 0.115. The zero-order valence-electron chi connectivity index (χ0n) is 13.4. The molecule has 7 heteroatoms. The number of aryl methyl sites for hydroxylation is 2. The predicted molar refractivity (Wildman–Crippen MR) is 86.9 cm³/mol. The fraction of sp³-hybridized carbons (Fsp3) is 0.500. The molecule has 2 aromatic rings. The number of nitrogens with zero attached hydrogens (tertiary/aromatic N) is 5. The van der Waals surface area contributed by atoms with Gasteiger partial charge in [-0.25, -0.2) is 4.98 Å². The Labute approximate surface area is 135 Å². The third kappa shape index (κ3) is 4.06. The Bertz CT molecular complexity index is 633. The molecule has 1 aliphatic rings. The van der Waals surface area contributed by atoms with Crippen molar-refractivity contribution in [3.05, 3.63) is 36.5 Å². The zero-order valence-corrected chi connectivity index (χ0v) is 13.4. The average Bonchev–Trinajstić information content (AvgIpc) is 3.00. The van der Waals surface area contributed by atoms with Gasteiger partial charge in [-0.1, -0.05) is 0 Å². The van der Waals surface area contributed by atoms with Gasteiger partial charge >= 0.3 is 0 Å². The van der Waals surface area contributed by atoms with Gasteiger partial charge in [0.25, 0.3) is 0 Å². The van der Waals surface area contributed by atoms with Crippen molar-refractivity contribution in [2.75, 3.05) is 18.0 Å². The number of aromatic nitrogens is 4. The van der Waals surface area contributed by atoms with Gasteiger partial charge in [-0.3, -0.25) is 14.5 Å². The quantitative estimate of drug-likeness (QED) is 0.888. The SMILES string of the molecule is Cn1nccc1CCC(=O)NC1CCN(c2cnccn2)CC1. The van der Waals surface area contributed by atoms with E-state index in [1.807, 2.05) is 17.8 Å². The van der Waals surface area contributed by atoms with E-state index in [-0.39, 0.29) is 11.9 Å². The first-order valence-electron chi connectivity index (χ1n) is 7.99.